The Morgan fingerprint density at radius 3 is 2.07 bits per heavy atom. The standard InChI is InChI=1S/C24H17F9N4O6/c1-36-17-19(37(21(40)35-20(17)39)10-12(38)9-22(25,26)27)34-18(36)11-2-7-15(16(8-11)43-24(31,32)33)41-13-3-5-14(6-4-13)42-23(28,29)30/h2-8,12,38H,9-10H2,1H3,(H,35,39,40). The molecule has 0 aliphatic carbocycles. The van der Waals surface area contributed by atoms with Gasteiger partial charge in [0, 0.05) is 12.6 Å². The maximum Gasteiger partial charge on any atom is 0.573 e. The van der Waals surface area contributed by atoms with Gasteiger partial charge < -0.3 is 23.9 Å². The van der Waals surface area contributed by atoms with Gasteiger partial charge >= 0.3 is 24.6 Å². The number of imidazole rings is 1. The van der Waals surface area contributed by atoms with Crippen molar-refractivity contribution in [3.05, 3.63) is 63.3 Å². The molecule has 0 spiro atoms. The molecule has 2 heterocycles. The number of hydrogen-bond donors (Lipinski definition) is 2. The SMILES string of the molecule is Cn1c(-c2ccc(Oc3ccc(OC(F)(F)F)cc3)c(OC(F)(F)F)c2)nc2c1c(=O)[nH]c(=O)n2CC(O)CC(F)(F)F. The molecule has 2 aromatic heterocycles. The lowest BCUT2D eigenvalue weighted by Crippen LogP contribution is -2.35. The van der Waals surface area contributed by atoms with E-state index in [2.05, 4.69) is 14.5 Å². The number of aliphatic hydroxyl groups excluding tert-OH is 1. The van der Waals surface area contributed by atoms with Crippen LogP contribution in [0.1, 0.15) is 6.42 Å². The minimum Gasteiger partial charge on any atom is -0.453 e. The maximum absolute atomic E-state index is 13.2. The van der Waals surface area contributed by atoms with E-state index in [1.54, 1.807) is 0 Å². The van der Waals surface area contributed by atoms with Crippen molar-refractivity contribution in [2.75, 3.05) is 0 Å². The van der Waals surface area contributed by atoms with Crippen LogP contribution in [0.3, 0.4) is 0 Å². The highest BCUT2D eigenvalue weighted by Gasteiger charge is 2.34. The average Bonchev–Trinajstić information content (AvgIpc) is 3.18. The summed E-state index contributed by atoms with van der Waals surface area (Å²) < 4.78 is 130. The van der Waals surface area contributed by atoms with Crippen molar-refractivity contribution >= 4 is 11.2 Å². The summed E-state index contributed by atoms with van der Waals surface area (Å²) in [5, 5.41) is 9.85. The molecule has 0 aliphatic heterocycles. The van der Waals surface area contributed by atoms with E-state index >= 15 is 0 Å². The molecule has 4 aromatic rings. The molecule has 19 heteroatoms. The second kappa shape index (κ2) is 11.2. The lowest BCUT2D eigenvalue weighted by Gasteiger charge is -2.15. The van der Waals surface area contributed by atoms with Gasteiger partial charge in [0.15, 0.2) is 22.7 Å². The van der Waals surface area contributed by atoms with Gasteiger partial charge in [-0.2, -0.15) is 13.2 Å². The predicted molar refractivity (Wildman–Crippen MR) is 128 cm³/mol. The van der Waals surface area contributed by atoms with Gasteiger partial charge in [-0.15, -0.1) is 26.3 Å². The number of rotatable bonds is 8. The summed E-state index contributed by atoms with van der Waals surface area (Å²) in [4.78, 5) is 30.8. The van der Waals surface area contributed by atoms with Crippen LogP contribution in [-0.2, 0) is 13.6 Å². The third-order valence-electron chi connectivity index (χ3n) is 5.59. The van der Waals surface area contributed by atoms with Gasteiger partial charge in [-0.3, -0.25) is 14.3 Å². The van der Waals surface area contributed by atoms with Crippen molar-refractivity contribution in [3.63, 3.8) is 0 Å². The fourth-order valence-corrected chi connectivity index (χ4v) is 3.99. The van der Waals surface area contributed by atoms with Crippen LogP contribution in [0.25, 0.3) is 22.6 Å². The van der Waals surface area contributed by atoms with Crippen LogP contribution >= 0.6 is 0 Å². The molecule has 0 amide bonds. The summed E-state index contributed by atoms with van der Waals surface area (Å²) >= 11 is 0. The number of aryl methyl sites for hydroxylation is 1. The molecule has 2 aromatic carbocycles. The number of alkyl halides is 9. The Bertz CT molecular complexity index is 1740. The quantitative estimate of drug-likeness (QED) is 0.264. The van der Waals surface area contributed by atoms with Crippen LogP contribution in [-0.4, -0.2) is 49.2 Å². The molecule has 10 nitrogen and oxygen atoms in total. The Hall–Kier alpha value is -4.68. The summed E-state index contributed by atoms with van der Waals surface area (Å²) in [7, 11) is 1.24. The van der Waals surface area contributed by atoms with E-state index in [1.807, 2.05) is 4.98 Å². The molecule has 0 aliphatic rings. The monoisotopic (exact) mass is 628 g/mol. The highest BCUT2D eigenvalue weighted by Crippen LogP contribution is 2.39. The first kappa shape index (κ1) is 31.3. The molecule has 232 valence electrons. The third kappa shape index (κ3) is 7.79. The molecule has 1 atom stereocenters. The zero-order chi connectivity index (χ0) is 31.9. The summed E-state index contributed by atoms with van der Waals surface area (Å²) in [5.74, 6) is -2.56. The number of halogens is 9. The Labute approximate surface area is 232 Å². The molecule has 0 radical (unpaired) electrons. The van der Waals surface area contributed by atoms with Crippen LogP contribution in [0.15, 0.2) is 52.1 Å². The first-order valence-corrected chi connectivity index (χ1v) is 11.7. The molecule has 43 heavy (non-hydrogen) atoms. The highest BCUT2D eigenvalue weighted by molar-refractivity contribution is 5.77. The zero-order valence-electron chi connectivity index (χ0n) is 21.3. The third-order valence-corrected chi connectivity index (χ3v) is 5.59. The topological polar surface area (TPSA) is 121 Å². The van der Waals surface area contributed by atoms with Crippen LogP contribution < -0.4 is 25.5 Å². The van der Waals surface area contributed by atoms with E-state index in [0.717, 1.165) is 47.0 Å². The lowest BCUT2D eigenvalue weighted by molar-refractivity contribution is -0.275. The van der Waals surface area contributed by atoms with E-state index in [-0.39, 0.29) is 22.7 Å². The minimum atomic E-state index is -5.25. The molecular weight excluding hydrogens is 611 g/mol. The van der Waals surface area contributed by atoms with Gasteiger partial charge in [-0.1, -0.05) is 0 Å². The number of nitrogens with zero attached hydrogens (tertiary/aromatic N) is 3. The lowest BCUT2D eigenvalue weighted by atomic mass is 10.2. The van der Waals surface area contributed by atoms with Crippen molar-refractivity contribution in [2.45, 2.75) is 38.0 Å². The first-order chi connectivity index (χ1) is 19.8. The maximum atomic E-state index is 13.2. The number of H-pyrrole nitrogens is 1. The van der Waals surface area contributed by atoms with E-state index in [1.165, 1.54) is 7.05 Å². The number of fused-ring (bicyclic) bond motifs is 1. The van der Waals surface area contributed by atoms with Crippen molar-refractivity contribution in [1.82, 2.24) is 19.1 Å². The minimum absolute atomic E-state index is 0.145. The molecule has 1 unspecified atom stereocenters. The van der Waals surface area contributed by atoms with E-state index < -0.39 is 72.1 Å². The number of aliphatic hydroxyl groups is 1. The van der Waals surface area contributed by atoms with Gasteiger partial charge in [-0.05, 0) is 42.5 Å². The van der Waals surface area contributed by atoms with E-state index in [4.69, 9.17) is 4.74 Å². The first-order valence-electron chi connectivity index (χ1n) is 11.7. The zero-order valence-corrected chi connectivity index (χ0v) is 21.3. The van der Waals surface area contributed by atoms with Gasteiger partial charge in [0.2, 0.25) is 0 Å². The summed E-state index contributed by atoms with van der Waals surface area (Å²) in [5.41, 5.74) is -3.18. The Balaban J connectivity index is 1.75. The second-order valence-corrected chi connectivity index (χ2v) is 8.84. The van der Waals surface area contributed by atoms with E-state index in [0.29, 0.717) is 4.57 Å². The van der Waals surface area contributed by atoms with Gasteiger partial charge in [0.05, 0.1) is 19.1 Å². The largest absolute Gasteiger partial charge is 0.573 e. The molecule has 0 saturated carbocycles. The van der Waals surface area contributed by atoms with Crippen molar-refractivity contribution in [1.29, 1.82) is 0 Å². The smallest absolute Gasteiger partial charge is 0.453 e. The van der Waals surface area contributed by atoms with Crippen LogP contribution in [0.4, 0.5) is 39.5 Å². The molecular formula is C24H17F9N4O6. The van der Waals surface area contributed by atoms with Gasteiger partial charge in [0.25, 0.3) is 5.56 Å². The van der Waals surface area contributed by atoms with Crippen LogP contribution in [0.5, 0.6) is 23.0 Å². The van der Waals surface area contributed by atoms with E-state index in [9.17, 15) is 54.2 Å². The number of ether oxygens (including phenoxy) is 3. The number of aromatic nitrogens is 4. The van der Waals surface area contributed by atoms with Gasteiger partial charge in [0.1, 0.15) is 17.3 Å². The molecule has 0 fully saturated rings. The number of nitrogens with one attached hydrogen (secondary N) is 1. The molecule has 4 rings (SSSR count). The fourth-order valence-electron chi connectivity index (χ4n) is 3.99. The van der Waals surface area contributed by atoms with Crippen molar-refractivity contribution < 1.29 is 58.8 Å². The number of benzene rings is 2. The number of hydrogen-bond acceptors (Lipinski definition) is 7. The van der Waals surface area contributed by atoms with Crippen LogP contribution in [0.2, 0.25) is 0 Å². The normalized spacial score (nSPS) is 13.3. The predicted octanol–water partition coefficient (Wildman–Crippen LogP) is 4.99. The highest BCUT2D eigenvalue weighted by atomic mass is 19.4. The fraction of sp³-hybridized carbons (Fsp3) is 0.292. The summed E-state index contributed by atoms with van der Waals surface area (Å²) in [6, 6.07) is 6.61. The van der Waals surface area contributed by atoms with Crippen molar-refractivity contribution in [2.24, 2.45) is 7.05 Å². The Kier molecular flexibility index (Phi) is 8.14. The average molecular weight is 628 g/mol. The Morgan fingerprint density at radius 1 is 0.884 bits per heavy atom. The Morgan fingerprint density at radius 2 is 1.49 bits per heavy atom. The molecule has 0 bridgehead atoms. The summed E-state index contributed by atoms with van der Waals surface area (Å²) in [6.07, 6.45) is -18.8. The second-order valence-electron chi connectivity index (χ2n) is 8.84. The molecule has 2 N–H and O–H groups in total. The number of aromatic amines is 1. The van der Waals surface area contributed by atoms with Crippen molar-refractivity contribution in [3.8, 4) is 34.4 Å². The summed E-state index contributed by atoms with van der Waals surface area (Å²) in [6.45, 7) is -0.926. The van der Waals surface area contributed by atoms with Crippen LogP contribution in [0, 0.1) is 0 Å². The molecule has 0 saturated heterocycles. The van der Waals surface area contributed by atoms with Gasteiger partial charge in [-0.25, -0.2) is 9.78 Å².